The van der Waals surface area contributed by atoms with Crippen LogP contribution in [0.5, 0.6) is 11.5 Å². The summed E-state index contributed by atoms with van der Waals surface area (Å²) in [6.07, 6.45) is 3.77. The van der Waals surface area contributed by atoms with Gasteiger partial charge in [-0.3, -0.25) is 4.79 Å². The van der Waals surface area contributed by atoms with Crippen molar-refractivity contribution in [2.45, 2.75) is 64.5 Å². The highest BCUT2D eigenvalue weighted by Crippen LogP contribution is 2.44. The van der Waals surface area contributed by atoms with E-state index in [1.165, 1.54) is 4.31 Å². The lowest BCUT2D eigenvalue weighted by molar-refractivity contribution is -0.137. The average Bonchev–Trinajstić information content (AvgIpc) is 2.57. The predicted molar refractivity (Wildman–Crippen MR) is 107 cm³/mol. The van der Waals surface area contributed by atoms with Crippen molar-refractivity contribution in [3.63, 3.8) is 0 Å². The van der Waals surface area contributed by atoms with Gasteiger partial charge < -0.3 is 14.6 Å². The first-order valence-electron chi connectivity index (χ1n) is 9.68. The second kappa shape index (κ2) is 9.13. The van der Waals surface area contributed by atoms with E-state index in [9.17, 15) is 13.2 Å². The third kappa shape index (κ3) is 6.10. The summed E-state index contributed by atoms with van der Waals surface area (Å²) in [6, 6.07) is 5.07. The van der Waals surface area contributed by atoms with Crippen molar-refractivity contribution in [2.24, 2.45) is 0 Å². The van der Waals surface area contributed by atoms with Crippen molar-refractivity contribution >= 4 is 16.0 Å². The molecule has 1 unspecified atom stereocenters. The van der Waals surface area contributed by atoms with Crippen LogP contribution in [0.2, 0.25) is 0 Å². The van der Waals surface area contributed by atoms with Crippen LogP contribution in [0.1, 0.15) is 64.5 Å². The van der Waals surface area contributed by atoms with Crippen molar-refractivity contribution in [2.75, 3.05) is 19.4 Å². The van der Waals surface area contributed by atoms with Crippen LogP contribution >= 0.6 is 0 Å². The molecule has 1 heterocycles. The van der Waals surface area contributed by atoms with Gasteiger partial charge in [0.15, 0.2) is 0 Å². The zero-order chi connectivity index (χ0) is 20.9. The molecule has 0 spiro atoms. The number of aliphatic carboxylic acids is 1. The third-order valence-corrected chi connectivity index (χ3v) is 6.01. The molecule has 0 saturated carbocycles. The maximum atomic E-state index is 12.5. The van der Waals surface area contributed by atoms with Crippen molar-refractivity contribution in [3.8, 4) is 11.5 Å². The van der Waals surface area contributed by atoms with Gasteiger partial charge in [0.1, 0.15) is 17.1 Å². The zero-order valence-electron chi connectivity index (χ0n) is 17.1. The molecule has 0 aliphatic carbocycles. The molecule has 0 fully saturated rings. The lowest BCUT2D eigenvalue weighted by Crippen LogP contribution is -2.43. The molecule has 1 aliphatic rings. The smallest absolute Gasteiger partial charge is 0.303 e. The van der Waals surface area contributed by atoms with Crippen molar-refractivity contribution in [3.05, 3.63) is 23.8 Å². The molecule has 1 aromatic carbocycles. The maximum absolute atomic E-state index is 12.5. The van der Waals surface area contributed by atoms with Crippen LogP contribution in [0, 0.1) is 0 Å². The van der Waals surface area contributed by atoms with Crippen molar-refractivity contribution < 1.29 is 27.8 Å². The number of fused-ring (bicyclic) bond motifs is 1. The summed E-state index contributed by atoms with van der Waals surface area (Å²) in [5.74, 6) is 0.378. The fourth-order valence-corrected chi connectivity index (χ4v) is 4.53. The summed E-state index contributed by atoms with van der Waals surface area (Å²) in [6.45, 7) is 6.68. The van der Waals surface area contributed by atoms with Crippen molar-refractivity contribution in [1.82, 2.24) is 4.31 Å². The van der Waals surface area contributed by atoms with Gasteiger partial charge in [0.05, 0.1) is 18.9 Å². The molecule has 1 aliphatic heterocycles. The second-order valence-electron chi connectivity index (χ2n) is 7.85. The minimum atomic E-state index is -3.55. The van der Waals surface area contributed by atoms with E-state index < -0.39 is 27.6 Å². The molecule has 0 radical (unpaired) electrons. The molecule has 0 amide bonds. The number of nitrogens with zero attached hydrogens (tertiary/aromatic N) is 1. The molecule has 158 valence electrons. The number of carbonyl (C=O) groups is 1. The molecular formula is C20H31NO6S. The van der Waals surface area contributed by atoms with E-state index in [1.807, 2.05) is 32.0 Å². The van der Waals surface area contributed by atoms with Gasteiger partial charge in [0, 0.05) is 24.9 Å². The average molecular weight is 414 g/mol. The van der Waals surface area contributed by atoms with E-state index in [0.717, 1.165) is 24.7 Å². The molecule has 2 rings (SSSR count). The van der Waals surface area contributed by atoms with Gasteiger partial charge in [-0.2, -0.15) is 4.31 Å². The highest BCUT2D eigenvalue weighted by molar-refractivity contribution is 7.88. The van der Waals surface area contributed by atoms with E-state index in [-0.39, 0.29) is 19.4 Å². The van der Waals surface area contributed by atoms with E-state index in [4.69, 9.17) is 14.6 Å². The zero-order valence-corrected chi connectivity index (χ0v) is 17.9. The van der Waals surface area contributed by atoms with Gasteiger partial charge in [0.25, 0.3) is 0 Å². The summed E-state index contributed by atoms with van der Waals surface area (Å²) in [5, 5.41) is 8.92. The Morgan fingerprint density at radius 3 is 2.68 bits per heavy atom. The SMILES string of the molecule is CCCCOc1ccc2c(c1)C(N(CCCC(=O)O)S(C)(=O)=O)CC(C)(C)O2. The first kappa shape index (κ1) is 22.5. The monoisotopic (exact) mass is 413 g/mol. The number of hydrogen-bond acceptors (Lipinski definition) is 5. The normalized spacial score (nSPS) is 18.4. The Morgan fingerprint density at radius 1 is 1.36 bits per heavy atom. The van der Waals surface area contributed by atoms with E-state index in [2.05, 4.69) is 6.92 Å². The molecule has 0 saturated heterocycles. The molecule has 1 aromatic rings. The lowest BCUT2D eigenvalue weighted by Gasteiger charge is -2.41. The van der Waals surface area contributed by atoms with E-state index in [0.29, 0.717) is 24.5 Å². The van der Waals surface area contributed by atoms with Gasteiger partial charge in [-0.25, -0.2) is 8.42 Å². The summed E-state index contributed by atoms with van der Waals surface area (Å²) < 4.78 is 38.3. The lowest BCUT2D eigenvalue weighted by atomic mass is 9.89. The summed E-state index contributed by atoms with van der Waals surface area (Å²) in [5.41, 5.74) is 0.215. The molecular weight excluding hydrogens is 382 g/mol. The van der Waals surface area contributed by atoms with Crippen LogP contribution in [0.4, 0.5) is 0 Å². The van der Waals surface area contributed by atoms with Crippen molar-refractivity contribution in [1.29, 1.82) is 0 Å². The highest BCUT2D eigenvalue weighted by atomic mass is 32.2. The first-order chi connectivity index (χ1) is 13.0. The van der Waals surface area contributed by atoms with Crippen LogP contribution in [0.25, 0.3) is 0 Å². The van der Waals surface area contributed by atoms with Gasteiger partial charge >= 0.3 is 5.97 Å². The minimum Gasteiger partial charge on any atom is -0.494 e. The van der Waals surface area contributed by atoms with Crippen LogP contribution in [-0.2, 0) is 14.8 Å². The molecule has 8 heteroatoms. The Labute approximate surface area is 167 Å². The van der Waals surface area contributed by atoms with Crippen LogP contribution in [0.15, 0.2) is 18.2 Å². The third-order valence-electron chi connectivity index (χ3n) is 4.72. The van der Waals surface area contributed by atoms with E-state index >= 15 is 0 Å². The van der Waals surface area contributed by atoms with Crippen LogP contribution in [-0.4, -0.2) is 48.8 Å². The Bertz CT molecular complexity index is 790. The molecule has 7 nitrogen and oxygen atoms in total. The molecule has 1 N–H and O–H groups in total. The predicted octanol–water partition coefficient (Wildman–Crippen LogP) is 3.59. The number of ether oxygens (including phenoxy) is 2. The Balaban J connectivity index is 2.37. The number of rotatable bonds is 10. The Morgan fingerprint density at radius 2 is 2.07 bits per heavy atom. The largest absolute Gasteiger partial charge is 0.494 e. The summed E-state index contributed by atoms with van der Waals surface area (Å²) in [4.78, 5) is 10.9. The molecule has 0 aromatic heterocycles. The molecule has 0 bridgehead atoms. The van der Waals surface area contributed by atoms with Crippen LogP contribution < -0.4 is 9.47 Å². The number of benzene rings is 1. The molecule has 28 heavy (non-hydrogen) atoms. The summed E-state index contributed by atoms with van der Waals surface area (Å²) in [7, 11) is -3.55. The van der Waals surface area contributed by atoms with Crippen LogP contribution in [0.3, 0.4) is 0 Å². The van der Waals surface area contributed by atoms with Gasteiger partial charge in [-0.05, 0) is 44.9 Å². The fraction of sp³-hybridized carbons (Fsp3) is 0.650. The first-order valence-corrected chi connectivity index (χ1v) is 11.5. The topological polar surface area (TPSA) is 93.1 Å². The standard InChI is InChI=1S/C20H31NO6S/c1-5-6-12-26-15-9-10-18-16(13-15)17(14-20(2,3)27-18)21(28(4,24)25)11-7-8-19(22)23/h9-10,13,17H,5-8,11-12,14H2,1-4H3,(H,22,23). The highest BCUT2D eigenvalue weighted by Gasteiger charge is 2.40. The fourth-order valence-electron chi connectivity index (χ4n) is 3.41. The quantitative estimate of drug-likeness (QED) is 0.589. The maximum Gasteiger partial charge on any atom is 0.303 e. The molecule has 1 atom stereocenters. The number of carboxylic acids is 1. The number of hydrogen-bond donors (Lipinski definition) is 1. The Hall–Kier alpha value is -1.80. The summed E-state index contributed by atoms with van der Waals surface area (Å²) >= 11 is 0. The number of carboxylic acid groups (broad SMARTS) is 1. The minimum absolute atomic E-state index is 0.0777. The Kier molecular flexibility index (Phi) is 7.33. The number of sulfonamides is 1. The second-order valence-corrected chi connectivity index (χ2v) is 9.79. The van der Waals surface area contributed by atoms with Gasteiger partial charge in [-0.1, -0.05) is 13.3 Å². The van der Waals surface area contributed by atoms with Gasteiger partial charge in [-0.15, -0.1) is 0 Å². The number of unbranched alkanes of at least 4 members (excludes halogenated alkanes) is 1. The van der Waals surface area contributed by atoms with Gasteiger partial charge in [0.2, 0.25) is 10.0 Å². The van der Waals surface area contributed by atoms with E-state index in [1.54, 1.807) is 0 Å².